The third-order valence-corrected chi connectivity index (χ3v) is 3.73. The Hall–Kier alpha value is -3.21. The van der Waals surface area contributed by atoms with Crippen LogP contribution in [0.4, 0.5) is 0 Å². The van der Waals surface area contributed by atoms with Crippen molar-refractivity contribution in [2.75, 3.05) is 0 Å². The number of carbonyl (C=O) groups is 1. The molecule has 0 saturated carbocycles. The van der Waals surface area contributed by atoms with Crippen molar-refractivity contribution in [3.63, 3.8) is 0 Å². The van der Waals surface area contributed by atoms with Gasteiger partial charge in [0.25, 0.3) is 0 Å². The van der Waals surface area contributed by atoms with E-state index in [0.717, 1.165) is 18.2 Å². The summed E-state index contributed by atoms with van der Waals surface area (Å²) in [5.74, 6) is -2.12. The number of aryl methyl sites for hydroxylation is 2. The molecule has 5 nitrogen and oxygen atoms in total. The lowest BCUT2D eigenvalue weighted by Crippen LogP contribution is -2.00. The second-order valence-electron chi connectivity index (χ2n) is 5.45. The van der Waals surface area contributed by atoms with Crippen molar-refractivity contribution >= 4 is 22.8 Å². The van der Waals surface area contributed by atoms with Crippen molar-refractivity contribution in [3.05, 3.63) is 77.6 Å². The van der Waals surface area contributed by atoms with Gasteiger partial charge in [-0.05, 0) is 35.2 Å². The molecule has 0 bridgehead atoms. The van der Waals surface area contributed by atoms with Gasteiger partial charge in [-0.15, -0.1) is 0 Å². The minimum absolute atomic E-state index is 0.374. The molecule has 3 rings (SSSR count). The van der Waals surface area contributed by atoms with Gasteiger partial charge in [0.1, 0.15) is 6.33 Å². The summed E-state index contributed by atoms with van der Waals surface area (Å²) in [5.41, 5.74) is 2.37. The summed E-state index contributed by atoms with van der Waals surface area (Å²) in [7, 11) is 0. The number of aromatic nitrogens is 2. The van der Waals surface area contributed by atoms with Crippen molar-refractivity contribution < 1.29 is 15.0 Å². The summed E-state index contributed by atoms with van der Waals surface area (Å²) in [6, 6.07) is 16.2. The fraction of sp³-hybridized carbons (Fsp3) is 0.105. The van der Waals surface area contributed by atoms with Crippen LogP contribution < -0.4 is 0 Å². The standard InChI is InChI=1S/C19H16N2O3/c22-18(19(23)24)11-17-10-16(20-12-21-17)8-6-13-5-7-14-3-1-2-4-15(14)9-13/h1-5,7,9-12,22H,6,8H2,(H,23,24)/b18-11-. The van der Waals surface area contributed by atoms with Gasteiger partial charge in [0.05, 0.1) is 5.69 Å². The van der Waals surface area contributed by atoms with E-state index in [4.69, 9.17) is 5.11 Å². The molecule has 2 aromatic carbocycles. The molecule has 2 N–H and O–H groups in total. The quantitative estimate of drug-likeness (QED) is 0.556. The largest absolute Gasteiger partial charge is 0.502 e. The topological polar surface area (TPSA) is 83.3 Å². The molecular weight excluding hydrogens is 304 g/mol. The van der Waals surface area contributed by atoms with E-state index in [0.29, 0.717) is 12.1 Å². The number of hydrogen-bond acceptors (Lipinski definition) is 4. The third kappa shape index (κ3) is 3.76. The lowest BCUT2D eigenvalue weighted by molar-refractivity contribution is -0.135. The second kappa shape index (κ2) is 6.91. The molecule has 1 aromatic heterocycles. The number of aliphatic hydroxyl groups is 1. The number of carboxylic acids is 1. The van der Waals surface area contributed by atoms with Crippen LogP contribution >= 0.6 is 0 Å². The van der Waals surface area contributed by atoms with E-state index in [-0.39, 0.29) is 0 Å². The number of rotatable bonds is 5. The number of carboxylic acid groups (broad SMARTS) is 1. The highest BCUT2D eigenvalue weighted by molar-refractivity contribution is 5.88. The molecule has 0 radical (unpaired) electrons. The number of hydrogen-bond donors (Lipinski definition) is 2. The van der Waals surface area contributed by atoms with Gasteiger partial charge in [0.15, 0.2) is 0 Å². The summed E-state index contributed by atoms with van der Waals surface area (Å²) in [4.78, 5) is 18.8. The van der Waals surface area contributed by atoms with Crippen molar-refractivity contribution in [1.82, 2.24) is 9.97 Å². The lowest BCUT2D eigenvalue weighted by atomic mass is 10.0. The van der Waals surface area contributed by atoms with Gasteiger partial charge in [-0.3, -0.25) is 0 Å². The fourth-order valence-electron chi connectivity index (χ4n) is 2.50. The molecule has 5 heteroatoms. The van der Waals surface area contributed by atoms with Crippen LogP contribution in [0.5, 0.6) is 0 Å². The number of aliphatic hydroxyl groups excluding tert-OH is 1. The highest BCUT2D eigenvalue weighted by Gasteiger charge is 2.05. The normalized spacial score (nSPS) is 11.6. The molecule has 0 amide bonds. The van der Waals surface area contributed by atoms with Crippen molar-refractivity contribution in [2.45, 2.75) is 12.8 Å². The minimum atomic E-state index is -1.38. The fourth-order valence-corrected chi connectivity index (χ4v) is 2.50. The van der Waals surface area contributed by atoms with Crippen LogP contribution in [0.2, 0.25) is 0 Å². The van der Waals surface area contributed by atoms with Gasteiger partial charge in [-0.1, -0.05) is 42.5 Å². The maximum atomic E-state index is 10.6. The average molecular weight is 320 g/mol. The van der Waals surface area contributed by atoms with E-state index in [1.807, 2.05) is 12.1 Å². The van der Waals surface area contributed by atoms with E-state index in [9.17, 15) is 9.90 Å². The third-order valence-electron chi connectivity index (χ3n) is 3.73. The Morgan fingerprint density at radius 1 is 0.958 bits per heavy atom. The molecule has 24 heavy (non-hydrogen) atoms. The Morgan fingerprint density at radius 3 is 2.54 bits per heavy atom. The predicted molar refractivity (Wildman–Crippen MR) is 91.6 cm³/mol. The van der Waals surface area contributed by atoms with E-state index >= 15 is 0 Å². The maximum absolute atomic E-state index is 10.6. The van der Waals surface area contributed by atoms with Gasteiger partial charge in [-0.25, -0.2) is 14.8 Å². The Bertz CT molecular complexity index is 919. The Balaban J connectivity index is 1.74. The van der Waals surface area contributed by atoms with Crippen LogP contribution in [-0.4, -0.2) is 26.2 Å². The van der Waals surface area contributed by atoms with Crippen LogP contribution in [0.3, 0.4) is 0 Å². The first-order valence-corrected chi connectivity index (χ1v) is 7.54. The molecule has 0 aliphatic heterocycles. The molecule has 0 aliphatic rings. The molecule has 0 fully saturated rings. The Morgan fingerprint density at radius 2 is 1.75 bits per heavy atom. The SMILES string of the molecule is O=C(O)/C(O)=C/c1cc(CCc2ccc3ccccc3c2)ncn1. The number of benzene rings is 2. The van der Waals surface area contributed by atoms with E-state index in [2.05, 4.69) is 40.3 Å². The summed E-state index contributed by atoms with van der Waals surface area (Å²) in [6.45, 7) is 0. The Labute approximate surface area is 138 Å². The minimum Gasteiger partial charge on any atom is -0.502 e. The Kier molecular flexibility index (Phi) is 4.52. The van der Waals surface area contributed by atoms with Gasteiger partial charge in [0.2, 0.25) is 5.76 Å². The zero-order valence-electron chi connectivity index (χ0n) is 12.9. The highest BCUT2D eigenvalue weighted by atomic mass is 16.4. The van der Waals surface area contributed by atoms with Crippen molar-refractivity contribution in [1.29, 1.82) is 0 Å². The lowest BCUT2D eigenvalue weighted by Gasteiger charge is -2.04. The van der Waals surface area contributed by atoms with Crippen LogP contribution in [0.25, 0.3) is 16.8 Å². The first-order chi connectivity index (χ1) is 11.6. The summed E-state index contributed by atoms with van der Waals surface area (Å²) >= 11 is 0. The summed E-state index contributed by atoms with van der Waals surface area (Å²) < 4.78 is 0. The van der Waals surface area contributed by atoms with E-state index in [1.54, 1.807) is 6.07 Å². The van der Waals surface area contributed by atoms with Crippen LogP contribution in [0.1, 0.15) is 17.0 Å². The van der Waals surface area contributed by atoms with Gasteiger partial charge in [-0.2, -0.15) is 0 Å². The molecule has 0 saturated heterocycles. The van der Waals surface area contributed by atoms with E-state index < -0.39 is 11.7 Å². The first kappa shape index (κ1) is 15.7. The first-order valence-electron chi connectivity index (χ1n) is 7.54. The number of aliphatic carboxylic acids is 1. The molecule has 0 atom stereocenters. The van der Waals surface area contributed by atoms with Gasteiger partial charge < -0.3 is 10.2 Å². The maximum Gasteiger partial charge on any atom is 0.371 e. The zero-order chi connectivity index (χ0) is 16.9. The zero-order valence-corrected chi connectivity index (χ0v) is 12.9. The second-order valence-corrected chi connectivity index (χ2v) is 5.45. The van der Waals surface area contributed by atoms with Crippen molar-refractivity contribution in [3.8, 4) is 0 Å². The van der Waals surface area contributed by atoms with Crippen LogP contribution in [0, 0.1) is 0 Å². The van der Waals surface area contributed by atoms with E-state index in [1.165, 1.54) is 22.7 Å². The molecule has 0 aliphatic carbocycles. The summed E-state index contributed by atoms with van der Waals surface area (Å²) in [5, 5.41) is 20.4. The molecule has 0 unspecified atom stereocenters. The molecule has 120 valence electrons. The molecule has 1 heterocycles. The number of fused-ring (bicyclic) bond motifs is 1. The smallest absolute Gasteiger partial charge is 0.371 e. The van der Waals surface area contributed by atoms with Crippen LogP contribution in [-0.2, 0) is 17.6 Å². The highest BCUT2D eigenvalue weighted by Crippen LogP contribution is 2.17. The predicted octanol–water partition coefficient (Wildman–Crippen LogP) is 3.40. The van der Waals surface area contributed by atoms with Gasteiger partial charge in [0, 0.05) is 11.8 Å². The average Bonchev–Trinajstić information content (AvgIpc) is 2.60. The number of nitrogens with zero attached hydrogens (tertiary/aromatic N) is 2. The monoisotopic (exact) mass is 320 g/mol. The molecular formula is C19H16N2O3. The van der Waals surface area contributed by atoms with Crippen molar-refractivity contribution in [2.24, 2.45) is 0 Å². The van der Waals surface area contributed by atoms with Crippen LogP contribution in [0.15, 0.2) is 60.6 Å². The van der Waals surface area contributed by atoms with Gasteiger partial charge >= 0.3 is 5.97 Å². The summed E-state index contributed by atoms with van der Waals surface area (Å²) in [6.07, 6.45) is 4.01. The molecule has 0 spiro atoms. The molecule has 3 aromatic rings.